The number of hydrogen-bond acceptors (Lipinski definition) is 7. The molecule has 0 radical (unpaired) electrons. The van der Waals surface area contributed by atoms with Crippen molar-refractivity contribution in [2.45, 2.75) is 20.8 Å². The molecule has 3 aromatic rings. The third-order valence-electron chi connectivity index (χ3n) is 5.31. The lowest BCUT2D eigenvalue weighted by atomic mass is 10.1. The van der Waals surface area contributed by atoms with E-state index in [0.29, 0.717) is 29.5 Å². The van der Waals surface area contributed by atoms with Gasteiger partial charge in [-0.2, -0.15) is 0 Å². The van der Waals surface area contributed by atoms with Crippen LogP contribution in [0.4, 0.5) is 10.8 Å². The van der Waals surface area contributed by atoms with Gasteiger partial charge in [-0.25, -0.2) is 4.98 Å². The molecule has 8 nitrogen and oxygen atoms in total. The number of likely N-dealkylation sites (N-methyl/N-ethyl adjacent to an activating group) is 1. The Kier molecular flexibility index (Phi) is 7.65. The summed E-state index contributed by atoms with van der Waals surface area (Å²) in [5.74, 6) is 0.194. The van der Waals surface area contributed by atoms with Crippen molar-refractivity contribution in [1.82, 2.24) is 9.88 Å². The molecule has 0 aliphatic heterocycles. The number of nitro benzene ring substituents is 1. The molecular weight excluding hydrogens is 452 g/mol. The molecular formula is C22H25ClN4O4S. The molecule has 1 aromatic heterocycles. The lowest BCUT2D eigenvalue weighted by Crippen LogP contribution is -2.39. The van der Waals surface area contributed by atoms with Gasteiger partial charge in [-0.3, -0.25) is 19.8 Å². The Labute approximate surface area is 195 Å². The zero-order valence-electron chi connectivity index (χ0n) is 18.4. The maximum absolute atomic E-state index is 13.6. The van der Waals surface area contributed by atoms with Gasteiger partial charge in [-0.05, 0) is 37.7 Å². The van der Waals surface area contributed by atoms with E-state index in [4.69, 9.17) is 21.3 Å². The van der Waals surface area contributed by atoms with Crippen molar-refractivity contribution in [3.63, 3.8) is 0 Å². The fourth-order valence-corrected chi connectivity index (χ4v) is 4.65. The first kappa shape index (κ1) is 23.9. The number of non-ortho nitro benzene ring substituents is 1. The molecule has 32 heavy (non-hydrogen) atoms. The number of nitro groups is 1. The fourth-order valence-electron chi connectivity index (χ4n) is 3.38. The Bertz CT molecular complexity index is 1150. The number of aryl methyl sites for hydroxylation is 1. The van der Waals surface area contributed by atoms with Crippen LogP contribution in [0.3, 0.4) is 0 Å². The summed E-state index contributed by atoms with van der Waals surface area (Å²) in [5, 5.41) is 11.9. The molecule has 0 bridgehead atoms. The summed E-state index contributed by atoms with van der Waals surface area (Å²) in [6.07, 6.45) is 0. The Hall–Kier alpha value is -2.75. The minimum Gasteiger partial charge on any atom is -0.494 e. The van der Waals surface area contributed by atoms with Gasteiger partial charge in [-0.1, -0.05) is 42.9 Å². The number of amides is 1. The van der Waals surface area contributed by atoms with Gasteiger partial charge in [0.15, 0.2) is 5.13 Å². The van der Waals surface area contributed by atoms with E-state index in [-0.39, 0.29) is 16.3 Å². The zero-order chi connectivity index (χ0) is 23.4. The van der Waals surface area contributed by atoms with Crippen molar-refractivity contribution >= 4 is 49.9 Å². The predicted octanol–water partition coefficient (Wildman–Crippen LogP) is 5.16. The smallest absolute Gasteiger partial charge is 0.270 e. The standard InChI is InChI=1S/C22H25ClN4O4S/c1-5-25(6-2)11-12-26(21(28)16-13-15(27(29)30)8-9-17(16)23)22-24-19-18(31-4)10-7-14(3)20(19)32-22/h7-10,13H,5-6,11-12H2,1-4H3. The first-order chi connectivity index (χ1) is 15.3. The SMILES string of the molecule is CCN(CC)CCN(C(=O)c1cc([N+](=O)[O-])ccc1Cl)c1nc2c(OC)ccc(C)c2s1. The predicted molar refractivity (Wildman–Crippen MR) is 128 cm³/mol. The first-order valence-corrected chi connectivity index (χ1v) is 11.4. The van der Waals surface area contributed by atoms with Crippen LogP contribution in [0.5, 0.6) is 5.75 Å². The van der Waals surface area contributed by atoms with E-state index in [0.717, 1.165) is 23.4 Å². The van der Waals surface area contributed by atoms with Gasteiger partial charge in [0.2, 0.25) is 0 Å². The highest BCUT2D eigenvalue weighted by Crippen LogP contribution is 2.37. The molecule has 0 atom stereocenters. The third kappa shape index (κ3) is 4.85. The van der Waals surface area contributed by atoms with Gasteiger partial charge >= 0.3 is 0 Å². The van der Waals surface area contributed by atoms with Gasteiger partial charge in [0, 0.05) is 25.2 Å². The van der Waals surface area contributed by atoms with Crippen LogP contribution in [-0.4, -0.2) is 54.0 Å². The van der Waals surface area contributed by atoms with Crippen LogP contribution in [0.25, 0.3) is 10.2 Å². The van der Waals surface area contributed by atoms with Crippen molar-refractivity contribution in [3.05, 3.63) is 56.6 Å². The highest BCUT2D eigenvalue weighted by molar-refractivity contribution is 7.22. The van der Waals surface area contributed by atoms with Crippen LogP contribution >= 0.6 is 22.9 Å². The zero-order valence-corrected chi connectivity index (χ0v) is 20.0. The van der Waals surface area contributed by atoms with Gasteiger partial charge in [0.25, 0.3) is 11.6 Å². The highest BCUT2D eigenvalue weighted by atomic mass is 35.5. The number of rotatable bonds is 9. The van der Waals surface area contributed by atoms with Gasteiger partial charge in [-0.15, -0.1) is 0 Å². The number of carbonyl (C=O) groups is 1. The van der Waals surface area contributed by atoms with E-state index < -0.39 is 10.8 Å². The van der Waals surface area contributed by atoms with E-state index in [1.54, 1.807) is 12.0 Å². The number of methoxy groups -OCH3 is 1. The topological polar surface area (TPSA) is 88.8 Å². The van der Waals surface area contributed by atoms with Crippen LogP contribution in [0.2, 0.25) is 5.02 Å². The normalized spacial score (nSPS) is 11.2. The number of hydrogen-bond donors (Lipinski definition) is 0. The summed E-state index contributed by atoms with van der Waals surface area (Å²) >= 11 is 7.66. The van der Waals surface area contributed by atoms with Crippen LogP contribution in [0.1, 0.15) is 29.8 Å². The number of fused-ring (bicyclic) bond motifs is 1. The number of benzene rings is 2. The van der Waals surface area contributed by atoms with Crippen molar-refractivity contribution in [1.29, 1.82) is 0 Å². The van der Waals surface area contributed by atoms with E-state index in [9.17, 15) is 14.9 Å². The summed E-state index contributed by atoms with van der Waals surface area (Å²) in [5.41, 5.74) is 1.58. The molecule has 1 heterocycles. The molecule has 3 rings (SSSR count). The van der Waals surface area contributed by atoms with E-state index in [1.165, 1.54) is 29.5 Å². The van der Waals surface area contributed by atoms with Crippen molar-refractivity contribution < 1.29 is 14.5 Å². The number of halogens is 1. The van der Waals surface area contributed by atoms with Crippen LogP contribution in [-0.2, 0) is 0 Å². The molecule has 1 amide bonds. The van der Waals surface area contributed by atoms with E-state index in [2.05, 4.69) is 18.7 Å². The molecule has 0 saturated heterocycles. The van der Waals surface area contributed by atoms with Crippen LogP contribution < -0.4 is 9.64 Å². The second-order valence-corrected chi connectivity index (χ2v) is 8.55. The van der Waals surface area contributed by atoms with Crippen LogP contribution in [0, 0.1) is 17.0 Å². The number of carbonyl (C=O) groups excluding carboxylic acids is 1. The first-order valence-electron chi connectivity index (χ1n) is 10.2. The van der Waals surface area contributed by atoms with Crippen molar-refractivity contribution in [2.75, 3.05) is 38.2 Å². The number of ether oxygens (including phenoxy) is 1. The van der Waals surface area contributed by atoms with Crippen molar-refractivity contribution in [3.8, 4) is 5.75 Å². The Balaban J connectivity index is 2.09. The fraction of sp³-hybridized carbons (Fsp3) is 0.364. The molecule has 10 heteroatoms. The number of nitrogens with zero attached hydrogens (tertiary/aromatic N) is 4. The van der Waals surface area contributed by atoms with Gasteiger partial charge < -0.3 is 9.64 Å². The molecule has 0 saturated carbocycles. The van der Waals surface area contributed by atoms with E-state index >= 15 is 0 Å². The minimum atomic E-state index is -0.542. The summed E-state index contributed by atoms with van der Waals surface area (Å²) < 4.78 is 6.37. The molecule has 0 spiro atoms. The molecule has 0 N–H and O–H groups in total. The molecule has 2 aromatic carbocycles. The quantitative estimate of drug-likeness (QED) is 0.313. The molecule has 0 aliphatic rings. The summed E-state index contributed by atoms with van der Waals surface area (Å²) in [6.45, 7) is 8.74. The second kappa shape index (κ2) is 10.2. The summed E-state index contributed by atoms with van der Waals surface area (Å²) in [6, 6.07) is 7.67. The monoisotopic (exact) mass is 476 g/mol. The van der Waals surface area contributed by atoms with Gasteiger partial charge in [0.1, 0.15) is 11.3 Å². The largest absolute Gasteiger partial charge is 0.494 e. The molecule has 0 unspecified atom stereocenters. The summed E-state index contributed by atoms with van der Waals surface area (Å²) in [7, 11) is 1.58. The minimum absolute atomic E-state index is 0.0726. The number of thiazole rings is 1. The average molecular weight is 477 g/mol. The molecule has 170 valence electrons. The highest BCUT2D eigenvalue weighted by Gasteiger charge is 2.26. The van der Waals surface area contributed by atoms with E-state index in [1.807, 2.05) is 19.1 Å². The summed E-state index contributed by atoms with van der Waals surface area (Å²) in [4.78, 5) is 32.7. The lowest BCUT2D eigenvalue weighted by molar-refractivity contribution is -0.384. The molecule has 0 aliphatic carbocycles. The van der Waals surface area contributed by atoms with Crippen molar-refractivity contribution in [2.24, 2.45) is 0 Å². The third-order valence-corrected chi connectivity index (χ3v) is 6.86. The Morgan fingerprint density at radius 1 is 1.22 bits per heavy atom. The Morgan fingerprint density at radius 2 is 1.94 bits per heavy atom. The van der Waals surface area contributed by atoms with Crippen LogP contribution in [0.15, 0.2) is 30.3 Å². The lowest BCUT2D eigenvalue weighted by Gasteiger charge is -2.25. The molecule has 0 fully saturated rings. The van der Waals surface area contributed by atoms with Gasteiger partial charge in [0.05, 0.1) is 27.3 Å². The maximum atomic E-state index is 13.6. The number of anilines is 1. The number of aromatic nitrogens is 1. The Morgan fingerprint density at radius 3 is 2.56 bits per heavy atom. The second-order valence-electron chi connectivity index (χ2n) is 7.16. The average Bonchev–Trinajstić information content (AvgIpc) is 3.23. The maximum Gasteiger partial charge on any atom is 0.270 e.